The molecular formula is C82H48O2. The van der Waals surface area contributed by atoms with Gasteiger partial charge in [-0.05, 0) is 179 Å². The van der Waals surface area contributed by atoms with Crippen LogP contribution in [0, 0.1) is 0 Å². The Hall–Kier alpha value is -11.1. The Morgan fingerprint density at radius 2 is 0.429 bits per heavy atom. The van der Waals surface area contributed by atoms with Gasteiger partial charge in [0.2, 0.25) is 0 Å². The lowest BCUT2D eigenvalue weighted by molar-refractivity contribution is 0.634. The summed E-state index contributed by atoms with van der Waals surface area (Å²) in [4.78, 5) is 0. The van der Waals surface area contributed by atoms with Crippen molar-refractivity contribution in [3.63, 3.8) is 0 Å². The van der Waals surface area contributed by atoms with E-state index in [1.807, 2.05) is 0 Å². The maximum absolute atomic E-state index is 7.01. The maximum Gasteiger partial charge on any atom is 0.179 e. The molecule has 0 saturated heterocycles. The zero-order valence-electron chi connectivity index (χ0n) is 45.5. The standard InChI is InChI=1S/C82H48O2/c1-3-17-55-45-59(39-33-49(55)15-1)77-65-23-9-5-19-61(65)75(62-20-6-10-24-66(62)77)53-35-29-51(30-36-53)57-41-43-71-73(47-57)83-81-79(71)69-27-13-14-28-70(69)80-72-44-42-58(48-74(72)84-82(80)81)52-31-37-54(38-32-52)76-63-21-7-11-25-67(63)78(68-26-12-8-22-64(68)76)60-40-34-50-16-2-4-18-56(50)46-60/h1-48H. The van der Waals surface area contributed by atoms with E-state index in [4.69, 9.17) is 8.83 Å². The van der Waals surface area contributed by atoms with Gasteiger partial charge in [0.15, 0.2) is 11.2 Å². The van der Waals surface area contributed by atoms with E-state index in [1.165, 1.54) is 109 Å². The first-order valence-corrected chi connectivity index (χ1v) is 29.0. The van der Waals surface area contributed by atoms with Gasteiger partial charge in [0.25, 0.3) is 0 Å². The molecule has 84 heavy (non-hydrogen) atoms. The van der Waals surface area contributed by atoms with Gasteiger partial charge in [-0.1, -0.05) is 255 Å². The Bertz CT molecular complexity index is 5310. The third-order valence-corrected chi connectivity index (χ3v) is 18.0. The fourth-order valence-electron chi connectivity index (χ4n) is 14.2. The summed E-state index contributed by atoms with van der Waals surface area (Å²) < 4.78 is 14.0. The van der Waals surface area contributed by atoms with Crippen LogP contribution in [0.2, 0.25) is 0 Å². The summed E-state index contributed by atoms with van der Waals surface area (Å²) in [6.45, 7) is 0. The SMILES string of the molecule is c1ccc2cc(-c3c4ccccc4c(-c4ccc(-c5ccc6c(c5)oc5c7oc8cc(-c9ccc(-c%10c%11ccccc%11c(-c%11ccc%12ccccc%12c%11)c%11ccccc%10%11)cc9)ccc8c7c7ccccc7c65)cc4)c4ccccc34)ccc2c1. The van der Waals surface area contributed by atoms with Crippen molar-refractivity contribution >= 4 is 119 Å². The minimum atomic E-state index is 0.769. The lowest BCUT2D eigenvalue weighted by atomic mass is 9.85. The van der Waals surface area contributed by atoms with E-state index in [0.29, 0.717) is 0 Å². The van der Waals surface area contributed by atoms with Crippen molar-refractivity contribution in [3.05, 3.63) is 291 Å². The van der Waals surface area contributed by atoms with Gasteiger partial charge in [0, 0.05) is 21.5 Å². The number of furan rings is 2. The first-order chi connectivity index (χ1) is 41.6. The lowest BCUT2D eigenvalue weighted by Gasteiger charge is -2.18. The van der Waals surface area contributed by atoms with Gasteiger partial charge in [-0.25, -0.2) is 0 Å². The van der Waals surface area contributed by atoms with Crippen molar-refractivity contribution in [1.82, 2.24) is 0 Å². The van der Waals surface area contributed by atoms with E-state index in [0.717, 1.165) is 76.9 Å². The second-order valence-electron chi connectivity index (χ2n) is 22.5. The molecule has 2 nitrogen and oxygen atoms in total. The molecule has 2 heteroatoms. The molecule has 0 aliphatic carbocycles. The number of fused-ring (bicyclic) bond motifs is 16. The van der Waals surface area contributed by atoms with E-state index < -0.39 is 0 Å². The van der Waals surface area contributed by atoms with E-state index in [1.54, 1.807) is 0 Å². The van der Waals surface area contributed by atoms with E-state index >= 15 is 0 Å². The molecule has 18 aromatic rings. The van der Waals surface area contributed by atoms with Crippen molar-refractivity contribution in [2.75, 3.05) is 0 Å². The zero-order chi connectivity index (χ0) is 55.0. The zero-order valence-corrected chi connectivity index (χ0v) is 45.5. The van der Waals surface area contributed by atoms with Crippen molar-refractivity contribution in [3.8, 4) is 66.8 Å². The predicted octanol–water partition coefficient (Wildman–Crippen LogP) is 23.6. The monoisotopic (exact) mass is 1060 g/mol. The van der Waals surface area contributed by atoms with Crippen LogP contribution in [0.25, 0.3) is 186 Å². The van der Waals surface area contributed by atoms with Crippen LogP contribution in [-0.4, -0.2) is 0 Å². The average Bonchev–Trinajstić information content (AvgIpc) is 2.53. The van der Waals surface area contributed by atoms with Gasteiger partial charge in [-0.15, -0.1) is 0 Å². The molecule has 388 valence electrons. The molecule has 0 amide bonds. The predicted molar refractivity (Wildman–Crippen MR) is 356 cm³/mol. The second-order valence-corrected chi connectivity index (χ2v) is 22.5. The molecular weight excluding hydrogens is 1020 g/mol. The van der Waals surface area contributed by atoms with Crippen LogP contribution in [0.15, 0.2) is 300 Å². The molecule has 2 aromatic heterocycles. The van der Waals surface area contributed by atoms with Crippen LogP contribution in [0.4, 0.5) is 0 Å². The molecule has 18 rings (SSSR count). The molecule has 0 radical (unpaired) electrons. The van der Waals surface area contributed by atoms with Crippen molar-refractivity contribution in [2.24, 2.45) is 0 Å². The third kappa shape index (κ3) is 7.04. The Morgan fingerprint density at radius 3 is 0.774 bits per heavy atom. The van der Waals surface area contributed by atoms with Crippen LogP contribution >= 0.6 is 0 Å². The Labute approximate surface area is 483 Å². The number of rotatable bonds is 6. The summed E-state index contributed by atoms with van der Waals surface area (Å²) >= 11 is 0. The number of hydrogen-bond acceptors (Lipinski definition) is 2. The van der Waals surface area contributed by atoms with Gasteiger partial charge in [-0.2, -0.15) is 0 Å². The van der Waals surface area contributed by atoms with Gasteiger partial charge in [0.1, 0.15) is 11.2 Å². The summed E-state index contributed by atoms with van der Waals surface area (Å²) in [5.41, 5.74) is 17.5. The molecule has 16 aromatic carbocycles. The highest BCUT2D eigenvalue weighted by Gasteiger charge is 2.23. The highest BCUT2D eigenvalue weighted by atomic mass is 16.4. The Morgan fingerprint density at radius 1 is 0.167 bits per heavy atom. The maximum atomic E-state index is 7.01. The normalized spacial score (nSPS) is 12.0. The van der Waals surface area contributed by atoms with Crippen LogP contribution in [0.3, 0.4) is 0 Å². The molecule has 0 aliphatic heterocycles. The fourth-order valence-corrected chi connectivity index (χ4v) is 14.2. The fraction of sp³-hybridized carbons (Fsp3) is 0. The molecule has 0 bridgehead atoms. The van der Waals surface area contributed by atoms with Crippen LogP contribution in [-0.2, 0) is 0 Å². The smallest absolute Gasteiger partial charge is 0.179 e. The first kappa shape index (κ1) is 46.7. The first-order valence-electron chi connectivity index (χ1n) is 29.0. The summed E-state index contributed by atoms with van der Waals surface area (Å²) in [7, 11) is 0. The topological polar surface area (TPSA) is 26.3 Å². The minimum Gasteiger partial charge on any atom is -0.452 e. The molecule has 0 saturated carbocycles. The number of benzene rings is 16. The van der Waals surface area contributed by atoms with Crippen LogP contribution < -0.4 is 0 Å². The molecule has 0 aliphatic rings. The molecule has 0 unspecified atom stereocenters. The van der Waals surface area contributed by atoms with E-state index in [-0.39, 0.29) is 0 Å². The van der Waals surface area contributed by atoms with E-state index in [9.17, 15) is 0 Å². The van der Waals surface area contributed by atoms with Gasteiger partial charge in [0.05, 0.1) is 0 Å². The second kappa shape index (κ2) is 18.2. The summed E-state index contributed by atoms with van der Waals surface area (Å²) in [6, 6.07) is 107. The lowest BCUT2D eigenvalue weighted by Crippen LogP contribution is -1.91. The molecule has 0 atom stereocenters. The molecule has 0 N–H and O–H groups in total. The van der Waals surface area contributed by atoms with Gasteiger partial charge >= 0.3 is 0 Å². The summed E-state index contributed by atoms with van der Waals surface area (Å²) in [5.74, 6) is 0. The summed E-state index contributed by atoms with van der Waals surface area (Å²) in [6.07, 6.45) is 0. The largest absolute Gasteiger partial charge is 0.452 e. The third-order valence-electron chi connectivity index (χ3n) is 18.0. The Kier molecular flexibility index (Phi) is 10.1. The molecule has 2 heterocycles. The highest BCUT2D eigenvalue weighted by Crippen LogP contribution is 2.49. The Balaban J connectivity index is 0.711. The van der Waals surface area contributed by atoms with Crippen LogP contribution in [0.5, 0.6) is 0 Å². The van der Waals surface area contributed by atoms with Crippen LogP contribution in [0.1, 0.15) is 0 Å². The summed E-state index contributed by atoms with van der Waals surface area (Å²) in [5, 5.41) is 21.5. The van der Waals surface area contributed by atoms with Crippen molar-refractivity contribution in [1.29, 1.82) is 0 Å². The quantitative estimate of drug-likeness (QED) is 0.155. The minimum absolute atomic E-state index is 0.769. The number of hydrogen-bond donors (Lipinski definition) is 0. The van der Waals surface area contributed by atoms with Crippen molar-refractivity contribution in [2.45, 2.75) is 0 Å². The molecule has 0 fully saturated rings. The highest BCUT2D eigenvalue weighted by molar-refractivity contribution is 6.34. The van der Waals surface area contributed by atoms with Gasteiger partial charge < -0.3 is 8.83 Å². The van der Waals surface area contributed by atoms with Crippen molar-refractivity contribution < 1.29 is 8.83 Å². The average molecular weight is 1070 g/mol. The van der Waals surface area contributed by atoms with E-state index in [2.05, 4.69) is 291 Å². The molecule has 0 spiro atoms. The van der Waals surface area contributed by atoms with Gasteiger partial charge in [-0.3, -0.25) is 0 Å².